The van der Waals surface area contributed by atoms with Crippen molar-refractivity contribution in [2.45, 2.75) is 32.3 Å². The van der Waals surface area contributed by atoms with Crippen LogP contribution in [0.3, 0.4) is 0 Å². The van der Waals surface area contributed by atoms with E-state index in [0.29, 0.717) is 32.0 Å². The molecule has 1 aliphatic rings. The molecular formula is C10H18ClNO2. The zero-order chi connectivity index (χ0) is 10.6. The number of hydrogen-bond donors (Lipinski definition) is 0. The monoisotopic (exact) mass is 219 g/mol. The van der Waals surface area contributed by atoms with Crippen LogP contribution in [0, 0.1) is 0 Å². The molecule has 1 aliphatic heterocycles. The summed E-state index contributed by atoms with van der Waals surface area (Å²) in [7, 11) is 0. The number of ether oxygens (including phenoxy) is 1. The third-order valence-electron chi connectivity index (χ3n) is 2.30. The van der Waals surface area contributed by atoms with Crippen LogP contribution in [-0.2, 0) is 9.53 Å². The highest BCUT2D eigenvalue weighted by molar-refractivity contribution is 6.17. The molecule has 1 heterocycles. The van der Waals surface area contributed by atoms with Gasteiger partial charge in [-0.3, -0.25) is 4.79 Å². The molecule has 3 nitrogen and oxygen atoms in total. The van der Waals surface area contributed by atoms with Gasteiger partial charge in [-0.25, -0.2) is 0 Å². The highest BCUT2D eigenvalue weighted by atomic mass is 35.5. The van der Waals surface area contributed by atoms with Crippen LogP contribution < -0.4 is 0 Å². The van der Waals surface area contributed by atoms with Gasteiger partial charge >= 0.3 is 0 Å². The molecule has 0 aromatic heterocycles. The zero-order valence-corrected chi connectivity index (χ0v) is 9.64. The third kappa shape index (κ3) is 3.46. The second kappa shape index (κ2) is 4.99. The van der Waals surface area contributed by atoms with Crippen molar-refractivity contribution in [3.63, 3.8) is 0 Å². The van der Waals surface area contributed by atoms with Crippen LogP contribution in [0.15, 0.2) is 0 Å². The zero-order valence-electron chi connectivity index (χ0n) is 8.88. The number of morpholine rings is 1. The molecule has 82 valence electrons. The summed E-state index contributed by atoms with van der Waals surface area (Å²) in [4.78, 5) is 13.5. The largest absolute Gasteiger partial charge is 0.372 e. The molecule has 0 N–H and O–H groups in total. The fourth-order valence-corrected chi connectivity index (χ4v) is 1.74. The molecule has 0 bridgehead atoms. The predicted molar refractivity (Wildman–Crippen MR) is 56.6 cm³/mol. The number of halogens is 1. The topological polar surface area (TPSA) is 29.5 Å². The third-order valence-corrected chi connectivity index (χ3v) is 2.57. The van der Waals surface area contributed by atoms with Crippen LogP contribution in [0.25, 0.3) is 0 Å². The first-order valence-corrected chi connectivity index (χ1v) is 5.56. The number of hydrogen-bond acceptors (Lipinski definition) is 2. The molecule has 14 heavy (non-hydrogen) atoms. The standard InChI is InChI=1S/C10H18ClNO2/c1-10(2)8-12(6-7-14-10)9(13)4-3-5-11/h3-8H2,1-2H3. The van der Waals surface area contributed by atoms with E-state index in [1.165, 1.54) is 0 Å². The lowest BCUT2D eigenvalue weighted by molar-refractivity contribution is -0.145. The van der Waals surface area contributed by atoms with Crippen molar-refractivity contribution in [3.8, 4) is 0 Å². The first-order chi connectivity index (χ1) is 6.55. The number of alkyl halides is 1. The van der Waals surface area contributed by atoms with Gasteiger partial charge in [0.15, 0.2) is 0 Å². The lowest BCUT2D eigenvalue weighted by Gasteiger charge is -2.38. The number of carbonyl (C=O) groups excluding carboxylic acids is 1. The molecule has 0 aromatic rings. The second-order valence-corrected chi connectivity index (χ2v) is 4.59. The maximum atomic E-state index is 11.7. The fourth-order valence-electron chi connectivity index (χ4n) is 1.61. The number of rotatable bonds is 3. The Morgan fingerprint density at radius 1 is 1.57 bits per heavy atom. The highest BCUT2D eigenvalue weighted by Crippen LogP contribution is 2.17. The van der Waals surface area contributed by atoms with Crippen molar-refractivity contribution < 1.29 is 9.53 Å². The number of carbonyl (C=O) groups is 1. The maximum Gasteiger partial charge on any atom is 0.222 e. The molecular weight excluding hydrogens is 202 g/mol. The summed E-state index contributed by atoms with van der Waals surface area (Å²) in [5.74, 6) is 0.751. The Balaban J connectivity index is 2.40. The van der Waals surface area contributed by atoms with Gasteiger partial charge in [-0.05, 0) is 20.3 Å². The Labute approximate surface area is 90.4 Å². The van der Waals surface area contributed by atoms with Crippen molar-refractivity contribution in [1.29, 1.82) is 0 Å². The normalized spacial score (nSPS) is 20.9. The molecule has 0 radical (unpaired) electrons. The van der Waals surface area contributed by atoms with E-state index < -0.39 is 0 Å². The molecule has 0 unspecified atom stereocenters. The molecule has 1 fully saturated rings. The Hall–Kier alpha value is -0.280. The summed E-state index contributed by atoms with van der Waals surface area (Å²) in [6, 6.07) is 0. The van der Waals surface area contributed by atoms with E-state index in [0.717, 1.165) is 6.42 Å². The van der Waals surface area contributed by atoms with Crippen LogP contribution in [0.5, 0.6) is 0 Å². The van der Waals surface area contributed by atoms with E-state index in [9.17, 15) is 4.79 Å². The minimum absolute atomic E-state index is 0.196. The summed E-state index contributed by atoms with van der Waals surface area (Å²) in [5.41, 5.74) is -0.200. The molecule has 0 saturated carbocycles. The summed E-state index contributed by atoms with van der Waals surface area (Å²) >= 11 is 5.55. The number of nitrogens with zero attached hydrogens (tertiary/aromatic N) is 1. The Morgan fingerprint density at radius 3 is 2.86 bits per heavy atom. The van der Waals surface area contributed by atoms with E-state index in [1.54, 1.807) is 0 Å². The Kier molecular flexibility index (Phi) is 4.20. The number of amides is 1. The second-order valence-electron chi connectivity index (χ2n) is 4.22. The van der Waals surface area contributed by atoms with Crippen molar-refractivity contribution in [3.05, 3.63) is 0 Å². The molecule has 1 amide bonds. The van der Waals surface area contributed by atoms with Gasteiger partial charge in [-0.2, -0.15) is 0 Å². The maximum absolute atomic E-state index is 11.7. The van der Waals surface area contributed by atoms with Gasteiger partial charge in [0.1, 0.15) is 0 Å². The summed E-state index contributed by atoms with van der Waals surface area (Å²) in [6.45, 7) is 6.06. The lowest BCUT2D eigenvalue weighted by Crippen LogP contribution is -2.50. The van der Waals surface area contributed by atoms with Crippen molar-refractivity contribution in [2.75, 3.05) is 25.6 Å². The van der Waals surface area contributed by atoms with E-state index in [1.807, 2.05) is 18.7 Å². The molecule has 0 aromatic carbocycles. The van der Waals surface area contributed by atoms with Gasteiger partial charge in [-0.1, -0.05) is 0 Å². The van der Waals surface area contributed by atoms with E-state index in [4.69, 9.17) is 16.3 Å². The fraction of sp³-hybridized carbons (Fsp3) is 0.900. The quantitative estimate of drug-likeness (QED) is 0.676. The summed E-state index contributed by atoms with van der Waals surface area (Å²) < 4.78 is 5.53. The predicted octanol–water partition coefficient (Wildman–Crippen LogP) is 1.64. The van der Waals surface area contributed by atoms with Crippen molar-refractivity contribution >= 4 is 17.5 Å². The first kappa shape index (κ1) is 11.8. The van der Waals surface area contributed by atoms with Crippen molar-refractivity contribution in [2.24, 2.45) is 0 Å². The van der Waals surface area contributed by atoms with Crippen LogP contribution >= 0.6 is 11.6 Å². The van der Waals surface area contributed by atoms with Gasteiger partial charge in [-0.15, -0.1) is 11.6 Å². The molecule has 4 heteroatoms. The average molecular weight is 220 g/mol. The lowest BCUT2D eigenvalue weighted by atomic mass is 10.1. The Bertz CT molecular complexity index is 206. The van der Waals surface area contributed by atoms with E-state index in [-0.39, 0.29) is 11.5 Å². The van der Waals surface area contributed by atoms with Crippen LogP contribution in [0.1, 0.15) is 26.7 Å². The van der Waals surface area contributed by atoms with Gasteiger partial charge in [0.05, 0.1) is 12.2 Å². The molecule has 0 spiro atoms. The summed E-state index contributed by atoms with van der Waals surface area (Å²) in [5, 5.41) is 0. The van der Waals surface area contributed by atoms with Crippen LogP contribution in [0.2, 0.25) is 0 Å². The highest BCUT2D eigenvalue weighted by Gasteiger charge is 2.29. The van der Waals surface area contributed by atoms with Gasteiger partial charge in [0.25, 0.3) is 0 Å². The molecule has 1 rings (SSSR count). The van der Waals surface area contributed by atoms with Crippen molar-refractivity contribution in [1.82, 2.24) is 4.90 Å². The van der Waals surface area contributed by atoms with E-state index in [2.05, 4.69) is 0 Å². The average Bonchev–Trinajstić information content (AvgIpc) is 2.12. The summed E-state index contributed by atoms with van der Waals surface area (Å²) in [6.07, 6.45) is 1.32. The van der Waals surface area contributed by atoms with Gasteiger partial charge in [0, 0.05) is 25.4 Å². The molecule has 1 saturated heterocycles. The van der Waals surface area contributed by atoms with E-state index >= 15 is 0 Å². The first-order valence-electron chi connectivity index (χ1n) is 5.03. The van der Waals surface area contributed by atoms with Gasteiger partial charge in [0.2, 0.25) is 5.91 Å². The minimum Gasteiger partial charge on any atom is -0.372 e. The molecule has 0 atom stereocenters. The van der Waals surface area contributed by atoms with Crippen LogP contribution in [-0.4, -0.2) is 42.0 Å². The Morgan fingerprint density at radius 2 is 2.29 bits per heavy atom. The van der Waals surface area contributed by atoms with Crippen LogP contribution in [0.4, 0.5) is 0 Å². The SMILES string of the molecule is CC1(C)CN(C(=O)CCCCl)CCO1. The minimum atomic E-state index is -0.200. The smallest absolute Gasteiger partial charge is 0.222 e. The molecule has 0 aliphatic carbocycles. The van der Waals surface area contributed by atoms with Gasteiger partial charge < -0.3 is 9.64 Å².